The number of benzene rings is 1. The fourth-order valence-electron chi connectivity index (χ4n) is 2.12. The van der Waals surface area contributed by atoms with Crippen molar-refractivity contribution in [1.82, 2.24) is 0 Å². The van der Waals surface area contributed by atoms with Crippen molar-refractivity contribution in [2.24, 2.45) is 0 Å². The number of aliphatic hydroxyl groups is 1. The maximum atomic E-state index is 13.6. The van der Waals surface area contributed by atoms with E-state index in [-0.39, 0.29) is 6.10 Å². The summed E-state index contributed by atoms with van der Waals surface area (Å²) in [6, 6.07) is 4.56. The molecule has 0 radical (unpaired) electrons. The molecule has 1 unspecified atom stereocenters. The molecule has 100 valence electrons. The van der Waals surface area contributed by atoms with E-state index in [1.807, 2.05) is 0 Å². The van der Waals surface area contributed by atoms with Gasteiger partial charge in [-0.3, -0.25) is 0 Å². The van der Waals surface area contributed by atoms with E-state index in [0.29, 0.717) is 17.9 Å². The topological polar surface area (TPSA) is 38.7 Å². The molecule has 1 aliphatic heterocycles. The lowest BCUT2D eigenvalue weighted by Gasteiger charge is -2.12. The van der Waals surface area contributed by atoms with E-state index in [9.17, 15) is 9.50 Å². The lowest BCUT2D eigenvalue weighted by atomic mass is 10.1. The zero-order chi connectivity index (χ0) is 13.0. The molecule has 0 saturated carbocycles. The minimum atomic E-state index is -0.800. The highest BCUT2D eigenvalue weighted by Gasteiger charge is 2.15. The van der Waals surface area contributed by atoms with E-state index >= 15 is 0 Å². The Balaban J connectivity index is 1.84. The molecule has 1 N–H and O–H groups in total. The molecule has 0 bridgehead atoms. The molecule has 1 aliphatic rings. The average Bonchev–Trinajstić information content (AvgIpc) is 2.81. The highest BCUT2D eigenvalue weighted by molar-refractivity contribution is 5.29. The summed E-state index contributed by atoms with van der Waals surface area (Å²) in [5.74, 6) is 0.0644. The van der Waals surface area contributed by atoms with Gasteiger partial charge in [0.25, 0.3) is 0 Å². The predicted molar refractivity (Wildman–Crippen MR) is 66.1 cm³/mol. The summed E-state index contributed by atoms with van der Waals surface area (Å²) in [5, 5.41) is 9.32. The van der Waals surface area contributed by atoms with E-state index in [4.69, 9.17) is 9.47 Å². The van der Waals surface area contributed by atoms with Gasteiger partial charge in [0.05, 0.1) is 18.8 Å². The molecule has 0 aliphatic carbocycles. The third kappa shape index (κ3) is 3.43. The van der Waals surface area contributed by atoms with Crippen LogP contribution in [0, 0.1) is 5.82 Å². The summed E-state index contributed by atoms with van der Waals surface area (Å²) < 4.78 is 24.5. The van der Waals surface area contributed by atoms with Crippen LogP contribution >= 0.6 is 0 Å². The van der Waals surface area contributed by atoms with Gasteiger partial charge in [0.2, 0.25) is 0 Å². The molecule has 4 heteroatoms. The highest BCUT2D eigenvalue weighted by atomic mass is 19.1. The molecule has 0 spiro atoms. The molecular weight excluding hydrogens is 235 g/mol. The maximum Gasteiger partial charge on any atom is 0.132 e. The third-order valence-electron chi connectivity index (χ3n) is 3.15. The number of rotatable bonds is 5. The van der Waals surface area contributed by atoms with Crippen LogP contribution in [0.1, 0.15) is 37.9 Å². The molecule has 18 heavy (non-hydrogen) atoms. The SMILES string of the molecule is C[C@@H](O)c1ccc(OCCC2CCCO2)cc1F. The first-order valence-electron chi connectivity index (χ1n) is 6.38. The van der Waals surface area contributed by atoms with Crippen molar-refractivity contribution in [2.75, 3.05) is 13.2 Å². The second-order valence-corrected chi connectivity index (χ2v) is 4.63. The van der Waals surface area contributed by atoms with Gasteiger partial charge in [-0.1, -0.05) is 0 Å². The molecule has 1 saturated heterocycles. The lowest BCUT2D eigenvalue weighted by Crippen LogP contribution is -2.10. The minimum Gasteiger partial charge on any atom is -0.493 e. The highest BCUT2D eigenvalue weighted by Crippen LogP contribution is 2.22. The standard InChI is InChI=1S/C14H19FO3/c1-10(16)13-5-4-12(9-14(13)15)18-8-6-11-3-2-7-17-11/h4-5,9-11,16H,2-3,6-8H2,1H3/t10-,11?/m1/s1. The van der Waals surface area contributed by atoms with E-state index in [2.05, 4.69) is 0 Å². The van der Waals surface area contributed by atoms with Crippen LogP contribution in [0.4, 0.5) is 4.39 Å². The largest absolute Gasteiger partial charge is 0.493 e. The molecule has 1 aromatic rings. The Hall–Kier alpha value is -1.13. The monoisotopic (exact) mass is 254 g/mol. The van der Waals surface area contributed by atoms with Crippen molar-refractivity contribution in [3.8, 4) is 5.75 Å². The van der Waals surface area contributed by atoms with Crippen molar-refractivity contribution >= 4 is 0 Å². The maximum absolute atomic E-state index is 13.6. The van der Waals surface area contributed by atoms with Crippen LogP contribution in [-0.2, 0) is 4.74 Å². The van der Waals surface area contributed by atoms with E-state index < -0.39 is 11.9 Å². The van der Waals surface area contributed by atoms with Crippen LogP contribution in [0.3, 0.4) is 0 Å². The first-order valence-corrected chi connectivity index (χ1v) is 6.38. The van der Waals surface area contributed by atoms with Gasteiger partial charge < -0.3 is 14.6 Å². The third-order valence-corrected chi connectivity index (χ3v) is 3.15. The van der Waals surface area contributed by atoms with Crippen LogP contribution < -0.4 is 4.74 Å². The molecule has 0 amide bonds. The van der Waals surface area contributed by atoms with Gasteiger partial charge in [-0.15, -0.1) is 0 Å². The van der Waals surface area contributed by atoms with Crippen molar-refractivity contribution < 1.29 is 19.0 Å². The van der Waals surface area contributed by atoms with E-state index in [1.54, 1.807) is 12.1 Å². The van der Waals surface area contributed by atoms with Gasteiger partial charge >= 0.3 is 0 Å². The average molecular weight is 254 g/mol. The zero-order valence-electron chi connectivity index (χ0n) is 10.6. The molecule has 1 fully saturated rings. The molecule has 2 rings (SSSR count). The number of ether oxygens (including phenoxy) is 2. The number of hydrogen-bond acceptors (Lipinski definition) is 3. The Morgan fingerprint density at radius 1 is 1.56 bits per heavy atom. The minimum absolute atomic E-state index is 0.284. The quantitative estimate of drug-likeness (QED) is 0.878. The van der Waals surface area contributed by atoms with Gasteiger partial charge in [0.15, 0.2) is 0 Å². The van der Waals surface area contributed by atoms with E-state index in [0.717, 1.165) is 25.9 Å². The van der Waals surface area contributed by atoms with Crippen LogP contribution in [0.5, 0.6) is 5.75 Å². The molecule has 1 heterocycles. The fraction of sp³-hybridized carbons (Fsp3) is 0.571. The summed E-state index contributed by atoms with van der Waals surface area (Å²) in [6.07, 6.45) is 2.51. The number of aliphatic hydroxyl groups excluding tert-OH is 1. The van der Waals surface area contributed by atoms with Crippen molar-refractivity contribution in [2.45, 2.75) is 38.4 Å². The van der Waals surface area contributed by atoms with Crippen LogP contribution in [0.15, 0.2) is 18.2 Å². The number of halogens is 1. The molecule has 3 nitrogen and oxygen atoms in total. The van der Waals surface area contributed by atoms with Crippen molar-refractivity contribution in [1.29, 1.82) is 0 Å². The van der Waals surface area contributed by atoms with Crippen LogP contribution in [-0.4, -0.2) is 24.4 Å². The molecule has 0 aromatic heterocycles. The summed E-state index contributed by atoms with van der Waals surface area (Å²) in [6.45, 7) is 2.90. The zero-order valence-corrected chi connectivity index (χ0v) is 10.6. The van der Waals surface area contributed by atoms with Crippen molar-refractivity contribution in [3.63, 3.8) is 0 Å². The van der Waals surface area contributed by atoms with E-state index in [1.165, 1.54) is 13.0 Å². The fourth-order valence-corrected chi connectivity index (χ4v) is 2.12. The smallest absolute Gasteiger partial charge is 0.132 e. The second kappa shape index (κ2) is 6.16. The Kier molecular flexibility index (Phi) is 4.55. The molecule has 2 atom stereocenters. The predicted octanol–water partition coefficient (Wildman–Crippen LogP) is 2.83. The Morgan fingerprint density at radius 2 is 2.39 bits per heavy atom. The van der Waals surface area contributed by atoms with Crippen LogP contribution in [0.25, 0.3) is 0 Å². The van der Waals surface area contributed by atoms with Gasteiger partial charge in [-0.2, -0.15) is 0 Å². The Labute approximate surface area is 107 Å². The van der Waals surface area contributed by atoms with Crippen molar-refractivity contribution in [3.05, 3.63) is 29.6 Å². The van der Waals surface area contributed by atoms with Gasteiger partial charge in [0, 0.05) is 24.7 Å². The van der Waals surface area contributed by atoms with Gasteiger partial charge in [-0.05, 0) is 31.9 Å². The Morgan fingerprint density at radius 3 is 3.00 bits per heavy atom. The first-order chi connectivity index (χ1) is 8.66. The second-order valence-electron chi connectivity index (χ2n) is 4.63. The summed E-state index contributed by atoms with van der Waals surface area (Å²) in [5.41, 5.74) is 0.293. The first kappa shape index (κ1) is 13.3. The summed E-state index contributed by atoms with van der Waals surface area (Å²) in [7, 11) is 0. The molecular formula is C14H19FO3. The summed E-state index contributed by atoms with van der Waals surface area (Å²) in [4.78, 5) is 0. The van der Waals surface area contributed by atoms with Crippen LogP contribution in [0.2, 0.25) is 0 Å². The number of hydrogen-bond donors (Lipinski definition) is 1. The lowest BCUT2D eigenvalue weighted by molar-refractivity contribution is 0.0903. The summed E-state index contributed by atoms with van der Waals surface area (Å²) >= 11 is 0. The Bertz CT molecular complexity index is 387. The van der Waals surface area contributed by atoms with Gasteiger partial charge in [-0.25, -0.2) is 4.39 Å². The normalized spacial score (nSPS) is 20.9. The molecule has 1 aromatic carbocycles. The van der Waals surface area contributed by atoms with Gasteiger partial charge in [0.1, 0.15) is 11.6 Å².